The summed E-state index contributed by atoms with van der Waals surface area (Å²) in [5.41, 5.74) is 1.80. The number of nitriles is 1. The molecule has 2 aliphatic rings. The molecule has 2 unspecified atom stereocenters. The van der Waals surface area contributed by atoms with Crippen LogP contribution in [0.2, 0.25) is 0 Å². The standard InChI is InChI=1S/C25H33BrN8O2/c1-4-20(8-7-18(2)33-12-10-32(11-13-33)14-15-35)29-25-28-17-21(26)23(31-25)30-22-6-5-9-34(24(22)36)19(3)16-27/h5-9,17,19,23,30,35H,2,4,10-15H2,1,3H3,(H,28,31)/b8-7-,29-20?. The van der Waals surface area contributed by atoms with Crippen LogP contribution in [0.5, 0.6) is 0 Å². The Hall–Kier alpha value is -3.20. The highest BCUT2D eigenvalue weighted by Crippen LogP contribution is 2.19. The van der Waals surface area contributed by atoms with Gasteiger partial charge in [0.15, 0.2) is 6.17 Å². The molecule has 0 saturated carbocycles. The highest BCUT2D eigenvalue weighted by molar-refractivity contribution is 9.11. The van der Waals surface area contributed by atoms with E-state index in [1.165, 1.54) is 4.57 Å². The van der Waals surface area contributed by atoms with Crippen LogP contribution in [0.25, 0.3) is 0 Å². The molecule has 0 amide bonds. The van der Waals surface area contributed by atoms with E-state index in [0.29, 0.717) is 29.1 Å². The molecule has 192 valence electrons. The lowest BCUT2D eigenvalue weighted by Crippen LogP contribution is -2.46. The monoisotopic (exact) mass is 556 g/mol. The normalized spacial score (nSPS) is 19.8. The summed E-state index contributed by atoms with van der Waals surface area (Å²) < 4.78 is 2.09. The number of halogens is 1. The summed E-state index contributed by atoms with van der Waals surface area (Å²) in [4.78, 5) is 26.5. The first-order valence-electron chi connectivity index (χ1n) is 12.0. The molecule has 0 spiro atoms. The number of β-amino-alcohol motifs (C(OH)–C–C–N with tert-alkyl or cyclic N) is 1. The van der Waals surface area contributed by atoms with Gasteiger partial charge in [0.2, 0.25) is 5.96 Å². The van der Waals surface area contributed by atoms with Crippen molar-refractivity contribution in [1.29, 1.82) is 5.26 Å². The van der Waals surface area contributed by atoms with Gasteiger partial charge in [0.25, 0.3) is 5.56 Å². The van der Waals surface area contributed by atoms with Gasteiger partial charge in [-0.2, -0.15) is 5.26 Å². The van der Waals surface area contributed by atoms with Gasteiger partial charge in [-0.3, -0.25) is 14.3 Å². The van der Waals surface area contributed by atoms with Gasteiger partial charge in [-0.1, -0.05) is 13.5 Å². The fraction of sp³-hybridized carbons (Fsp3) is 0.440. The van der Waals surface area contributed by atoms with Crippen LogP contribution in [-0.2, 0) is 0 Å². The fourth-order valence-electron chi connectivity index (χ4n) is 3.80. The van der Waals surface area contributed by atoms with Crippen LogP contribution in [0.3, 0.4) is 0 Å². The number of guanidine groups is 1. The second-order valence-corrected chi connectivity index (χ2v) is 9.36. The van der Waals surface area contributed by atoms with Gasteiger partial charge in [-0.25, -0.2) is 9.98 Å². The minimum atomic E-state index is -0.576. The number of anilines is 1. The number of allylic oxidation sites excluding steroid dienone is 2. The third-order valence-electron chi connectivity index (χ3n) is 6.00. The summed E-state index contributed by atoms with van der Waals surface area (Å²) in [5, 5.41) is 24.5. The summed E-state index contributed by atoms with van der Waals surface area (Å²) >= 11 is 3.49. The van der Waals surface area contributed by atoms with Crippen molar-refractivity contribution >= 4 is 33.3 Å². The maximum atomic E-state index is 12.8. The molecule has 2 atom stereocenters. The summed E-state index contributed by atoms with van der Waals surface area (Å²) in [6.45, 7) is 12.3. The molecule has 1 aromatic rings. The topological polar surface area (TPSA) is 121 Å². The second-order valence-electron chi connectivity index (χ2n) is 8.45. The zero-order valence-corrected chi connectivity index (χ0v) is 22.3. The van der Waals surface area contributed by atoms with Crippen LogP contribution in [0.15, 0.2) is 68.2 Å². The highest BCUT2D eigenvalue weighted by atomic mass is 79.9. The predicted molar refractivity (Wildman–Crippen MR) is 147 cm³/mol. The number of pyridine rings is 1. The summed E-state index contributed by atoms with van der Waals surface area (Å²) in [5.74, 6) is 0.419. The SMILES string of the molecule is C=C(/C=C\C(CC)=NC1=NC(Nc2cccn(C(C)C#N)c2=O)C(Br)=CN1)N1CCN(CCO)CC1. The number of piperazine rings is 1. The number of aromatic nitrogens is 1. The summed E-state index contributed by atoms with van der Waals surface area (Å²) in [6.07, 6.45) is 7.41. The smallest absolute Gasteiger partial charge is 0.275 e. The molecule has 11 heteroatoms. The summed E-state index contributed by atoms with van der Waals surface area (Å²) in [7, 11) is 0. The number of aliphatic imine (C=N–C) groups is 2. The van der Waals surface area contributed by atoms with Crippen molar-refractivity contribution in [2.45, 2.75) is 32.5 Å². The van der Waals surface area contributed by atoms with Gasteiger partial charge in [0, 0.05) is 56.5 Å². The maximum absolute atomic E-state index is 12.8. The minimum absolute atomic E-state index is 0.182. The lowest BCUT2D eigenvalue weighted by molar-refractivity contribution is 0.134. The van der Waals surface area contributed by atoms with Crippen LogP contribution in [0, 0.1) is 11.3 Å². The Labute approximate surface area is 220 Å². The lowest BCUT2D eigenvalue weighted by Gasteiger charge is -2.36. The zero-order chi connectivity index (χ0) is 26.1. The van der Waals surface area contributed by atoms with Crippen LogP contribution < -0.4 is 16.2 Å². The minimum Gasteiger partial charge on any atom is -0.395 e. The molecule has 3 N–H and O–H groups in total. The van der Waals surface area contributed by atoms with Crippen molar-refractivity contribution in [3.05, 3.63) is 63.8 Å². The van der Waals surface area contributed by atoms with Crippen LogP contribution >= 0.6 is 15.9 Å². The van der Waals surface area contributed by atoms with Crippen molar-refractivity contribution in [1.82, 2.24) is 19.7 Å². The number of hydrogen-bond donors (Lipinski definition) is 3. The average Bonchev–Trinajstić information content (AvgIpc) is 2.89. The Morgan fingerprint density at radius 3 is 2.86 bits per heavy atom. The van der Waals surface area contributed by atoms with Gasteiger partial charge < -0.3 is 20.6 Å². The highest BCUT2D eigenvalue weighted by Gasteiger charge is 2.19. The number of aliphatic hydroxyl groups excluding tert-OH is 1. The summed E-state index contributed by atoms with van der Waals surface area (Å²) in [6, 6.07) is 4.89. The lowest BCUT2D eigenvalue weighted by atomic mass is 10.2. The molecular formula is C25H33BrN8O2. The van der Waals surface area contributed by atoms with Gasteiger partial charge >= 0.3 is 0 Å². The third kappa shape index (κ3) is 7.16. The van der Waals surface area contributed by atoms with Gasteiger partial charge in [-0.15, -0.1) is 0 Å². The fourth-order valence-corrected chi connectivity index (χ4v) is 4.13. The van der Waals surface area contributed by atoms with Crippen LogP contribution in [-0.4, -0.2) is 76.6 Å². The van der Waals surface area contributed by atoms with Crippen LogP contribution in [0.1, 0.15) is 26.3 Å². The Bertz CT molecular complexity index is 1160. The van der Waals surface area contributed by atoms with Gasteiger partial charge in [-0.05, 0) is 53.6 Å². The molecule has 0 radical (unpaired) electrons. The molecule has 1 fully saturated rings. The van der Waals surface area contributed by atoms with E-state index in [1.807, 2.05) is 19.1 Å². The van der Waals surface area contributed by atoms with Gasteiger partial charge in [0.1, 0.15) is 11.7 Å². The molecule has 36 heavy (non-hydrogen) atoms. The van der Waals surface area contributed by atoms with E-state index in [-0.39, 0.29) is 12.2 Å². The van der Waals surface area contributed by atoms with E-state index in [9.17, 15) is 10.1 Å². The number of nitrogens with one attached hydrogen (secondary N) is 2. The number of nitrogens with zero attached hydrogens (tertiary/aromatic N) is 6. The van der Waals surface area contributed by atoms with Crippen LogP contribution in [0.4, 0.5) is 5.69 Å². The predicted octanol–water partition coefficient (Wildman–Crippen LogP) is 2.40. The van der Waals surface area contributed by atoms with E-state index in [1.54, 1.807) is 31.5 Å². The molecule has 3 heterocycles. The number of aliphatic hydroxyl groups is 1. The zero-order valence-electron chi connectivity index (χ0n) is 20.7. The molecule has 3 rings (SSSR count). The molecular weight excluding hydrogens is 524 g/mol. The Kier molecular flexibility index (Phi) is 10.0. The molecule has 0 aliphatic carbocycles. The van der Waals surface area contributed by atoms with Crippen molar-refractivity contribution < 1.29 is 5.11 Å². The van der Waals surface area contributed by atoms with Gasteiger partial charge in [0.05, 0.1) is 17.2 Å². The number of rotatable bonds is 9. The van der Waals surface area contributed by atoms with Crippen molar-refractivity contribution in [2.24, 2.45) is 9.98 Å². The molecule has 2 aliphatic heterocycles. The van der Waals surface area contributed by atoms with E-state index in [0.717, 1.165) is 37.6 Å². The van der Waals surface area contributed by atoms with Crippen molar-refractivity contribution in [2.75, 3.05) is 44.6 Å². The Balaban J connectivity index is 1.69. The van der Waals surface area contributed by atoms with E-state index in [2.05, 4.69) is 59.0 Å². The molecule has 10 nitrogen and oxygen atoms in total. The largest absolute Gasteiger partial charge is 0.395 e. The van der Waals surface area contributed by atoms with Crippen molar-refractivity contribution in [3.8, 4) is 6.07 Å². The molecule has 0 bridgehead atoms. The molecule has 1 aromatic heterocycles. The maximum Gasteiger partial charge on any atom is 0.275 e. The Morgan fingerprint density at radius 1 is 1.44 bits per heavy atom. The first kappa shape index (κ1) is 27.4. The van der Waals surface area contributed by atoms with E-state index in [4.69, 9.17) is 5.11 Å². The first-order valence-corrected chi connectivity index (χ1v) is 12.8. The third-order valence-corrected chi connectivity index (χ3v) is 6.66. The average molecular weight is 557 g/mol. The number of hydrogen-bond acceptors (Lipinski definition) is 9. The first-order chi connectivity index (χ1) is 17.4. The van der Waals surface area contributed by atoms with E-state index >= 15 is 0 Å². The van der Waals surface area contributed by atoms with Crippen molar-refractivity contribution in [3.63, 3.8) is 0 Å². The Morgan fingerprint density at radius 2 is 2.19 bits per heavy atom. The molecule has 0 aromatic carbocycles. The quantitative estimate of drug-likeness (QED) is 0.315. The second kappa shape index (κ2) is 13.2. The molecule has 1 saturated heterocycles. The van der Waals surface area contributed by atoms with E-state index < -0.39 is 12.2 Å².